The van der Waals surface area contributed by atoms with Gasteiger partial charge in [0.15, 0.2) is 5.82 Å². The van der Waals surface area contributed by atoms with Gasteiger partial charge < -0.3 is 9.73 Å². The van der Waals surface area contributed by atoms with Crippen LogP contribution in [0.3, 0.4) is 0 Å². The fourth-order valence-corrected chi connectivity index (χ4v) is 4.39. The smallest absolute Gasteiger partial charge is 0.255 e. The summed E-state index contributed by atoms with van der Waals surface area (Å²) in [6.07, 6.45) is 5.10. The molecule has 9 heteroatoms. The van der Waals surface area contributed by atoms with Gasteiger partial charge in [-0.2, -0.15) is 4.98 Å². The maximum atomic E-state index is 13.4. The van der Waals surface area contributed by atoms with Crippen molar-refractivity contribution in [2.45, 2.75) is 26.2 Å². The molecule has 3 rings (SSSR count). The largest absolute Gasteiger partial charge is 0.437 e. The van der Waals surface area contributed by atoms with E-state index in [-0.39, 0.29) is 29.4 Å². The van der Waals surface area contributed by atoms with Gasteiger partial charge in [0, 0.05) is 24.7 Å². The quantitative estimate of drug-likeness (QED) is 0.473. The number of sulfonamides is 1. The van der Waals surface area contributed by atoms with E-state index in [2.05, 4.69) is 16.9 Å². The van der Waals surface area contributed by atoms with Crippen LogP contribution in [0.15, 0.2) is 41.3 Å². The standard InChI is InChI=1S/C23H26FN3O4S/c1-5-7-8-13-27(32(4,29)30)21-15(6-2)14-18-19(22(28)25-3)20(31-23(18)26-21)16-9-11-17(24)12-10-16/h6,9-12,14H,2,5,7-8,13H2,1,3-4H3,(H,25,28). The summed E-state index contributed by atoms with van der Waals surface area (Å²) in [6.45, 7) is 6.09. The Bertz CT molecular complexity index is 1250. The maximum Gasteiger partial charge on any atom is 0.255 e. The molecule has 1 N–H and O–H groups in total. The summed E-state index contributed by atoms with van der Waals surface area (Å²) >= 11 is 0. The normalized spacial score (nSPS) is 11.5. The summed E-state index contributed by atoms with van der Waals surface area (Å²) in [5, 5.41) is 2.99. The lowest BCUT2D eigenvalue weighted by molar-refractivity contribution is 0.0964. The second kappa shape index (κ2) is 9.52. The van der Waals surface area contributed by atoms with Crippen molar-refractivity contribution >= 4 is 38.9 Å². The molecule has 0 saturated carbocycles. The number of pyridine rings is 1. The predicted octanol–water partition coefficient (Wildman–Crippen LogP) is 4.59. The van der Waals surface area contributed by atoms with Crippen LogP contribution in [0.25, 0.3) is 28.5 Å². The molecule has 0 aliphatic rings. The molecule has 0 saturated heterocycles. The summed E-state index contributed by atoms with van der Waals surface area (Å²) in [6, 6.07) is 7.18. The van der Waals surface area contributed by atoms with Crippen molar-refractivity contribution < 1.29 is 22.0 Å². The van der Waals surface area contributed by atoms with Crippen molar-refractivity contribution in [3.8, 4) is 11.3 Å². The van der Waals surface area contributed by atoms with Gasteiger partial charge in [-0.25, -0.2) is 12.8 Å². The van der Waals surface area contributed by atoms with E-state index in [1.165, 1.54) is 41.7 Å². The van der Waals surface area contributed by atoms with Gasteiger partial charge in [0.25, 0.3) is 5.91 Å². The number of fused-ring (bicyclic) bond motifs is 1. The predicted molar refractivity (Wildman–Crippen MR) is 125 cm³/mol. The van der Waals surface area contributed by atoms with Crippen LogP contribution in [0.5, 0.6) is 0 Å². The van der Waals surface area contributed by atoms with E-state index in [0.29, 0.717) is 22.9 Å². The Hall–Kier alpha value is -3.20. The summed E-state index contributed by atoms with van der Waals surface area (Å²) in [7, 11) is -2.13. The number of anilines is 1. The van der Waals surface area contributed by atoms with Gasteiger partial charge in [0.05, 0.1) is 17.2 Å². The van der Waals surface area contributed by atoms with Crippen LogP contribution in [0.2, 0.25) is 0 Å². The number of halogens is 1. The van der Waals surface area contributed by atoms with Gasteiger partial charge >= 0.3 is 0 Å². The number of hydrogen-bond acceptors (Lipinski definition) is 5. The number of furan rings is 1. The van der Waals surface area contributed by atoms with Crippen LogP contribution >= 0.6 is 0 Å². The van der Waals surface area contributed by atoms with Gasteiger partial charge in [-0.1, -0.05) is 32.4 Å². The molecule has 1 aromatic carbocycles. The van der Waals surface area contributed by atoms with E-state index in [1.807, 2.05) is 6.92 Å². The average Bonchev–Trinajstić information content (AvgIpc) is 3.13. The lowest BCUT2D eigenvalue weighted by Crippen LogP contribution is -2.32. The number of hydrogen-bond donors (Lipinski definition) is 1. The first-order valence-corrected chi connectivity index (χ1v) is 12.1. The van der Waals surface area contributed by atoms with Crippen LogP contribution < -0.4 is 9.62 Å². The number of rotatable bonds is 9. The molecule has 0 unspecified atom stereocenters. The molecule has 0 radical (unpaired) electrons. The molecule has 170 valence electrons. The molecular formula is C23H26FN3O4S. The van der Waals surface area contributed by atoms with E-state index in [9.17, 15) is 17.6 Å². The maximum absolute atomic E-state index is 13.4. The second-order valence-corrected chi connectivity index (χ2v) is 9.30. The van der Waals surface area contributed by atoms with Crippen molar-refractivity contribution in [3.05, 3.63) is 53.9 Å². The van der Waals surface area contributed by atoms with Crippen molar-refractivity contribution in [1.82, 2.24) is 10.3 Å². The fraction of sp³-hybridized carbons (Fsp3) is 0.304. The monoisotopic (exact) mass is 459 g/mol. The van der Waals surface area contributed by atoms with Crippen LogP contribution in [0.4, 0.5) is 10.2 Å². The zero-order chi connectivity index (χ0) is 23.5. The number of carbonyl (C=O) groups excluding carboxylic acids is 1. The highest BCUT2D eigenvalue weighted by molar-refractivity contribution is 7.92. The molecular weight excluding hydrogens is 433 g/mol. The minimum atomic E-state index is -3.62. The Balaban J connectivity index is 2.26. The van der Waals surface area contributed by atoms with Gasteiger partial charge in [0.2, 0.25) is 15.7 Å². The number of nitrogens with zero attached hydrogens (tertiary/aromatic N) is 2. The topological polar surface area (TPSA) is 92.5 Å². The number of aromatic nitrogens is 1. The molecule has 2 aromatic heterocycles. The molecule has 1 amide bonds. The summed E-state index contributed by atoms with van der Waals surface area (Å²) in [4.78, 5) is 17.2. The highest BCUT2D eigenvalue weighted by Gasteiger charge is 2.27. The van der Waals surface area contributed by atoms with Gasteiger partial charge in [-0.05, 0) is 36.8 Å². The summed E-state index contributed by atoms with van der Waals surface area (Å²) in [5.41, 5.74) is 1.28. The Morgan fingerprint density at radius 3 is 2.53 bits per heavy atom. The van der Waals surface area contributed by atoms with E-state index in [0.717, 1.165) is 19.1 Å². The third kappa shape index (κ3) is 4.67. The van der Waals surface area contributed by atoms with E-state index < -0.39 is 21.7 Å². The first-order valence-electron chi connectivity index (χ1n) is 10.3. The Morgan fingerprint density at radius 1 is 1.28 bits per heavy atom. The molecule has 0 fully saturated rings. The van der Waals surface area contributed by atoms with Crippen molar-refractivity contribution in [1.29, 1.82) is 0 Å². The molecule has 0 spiro atoms. The van der Waals surface area contributed by atoms with Crippen LogP contribution in [-0.2, 0) is 10.0 Å². The Kier molecular flexibility index (Phi) is 6.98. The molecule has 0 bridgehead atoms. The third-order valence-corrected chi connectivity index (χ3v) is 6.23. The molecule has 0 aliphatic carbocycles. The Morgan fingerprint density at radius 2 is 1.97 bits per heavy atom. The van der Waals surface area contributed by atoms with Gasteiger partial charge in [-0.15, -0.1) is 0 Å². The first-order chi connectivity index (χ1) is 15.2. The molecule has 3 aromatic rings. The molecule has 2 heterocycles. The third-order valence-electron chi connectivity index (χ3n) is 5.07. The number of nitrogens with one attached hydrogen (secondary N) is 1. The summed E-state index contributed by atoms with van der Waals surface area (Å²) in [5.74, 6) is -0.419. The fourth-order valence-electron chi connectivity index (χ4n) is 3.47. The molecule has 32 heavy (non-hydrogen) atoms. The van der Waals surface area contributed by atoms with Gasteiger partial charge in [-0.3, -0.25) is 9.10 Å². The number of amides is 1. The second-order valence-electron chi connectivity index (χ2n) is 7.39. The number of unbranched alkanes of at least 4 members (excludes halogenated alkanes) is 2. The van der Waals surface area contributed by atoms with E-state index >= 15 is 0 Å². The van der Waals surface area contributed by atoms with Gasteiger partial charge in [0.1, 0.15) is 11.6 Å². The lowest BCUT2D eigenvalue weighted by Gasteiger charge is -2.22. The molecule has 0 atom stereocenters. The molecule has 7 nitrogen and oxygen atoms in total. The molecule has 0 aliphatic heterocycles. The van der Waals surface area contributed by atoms with E-state index in [4.69, 9.17) is 4.42 Å². The van der Waals surface area contributed by atoms with Crippen LogP contribution in [0, 0.1) is 5.82 Å². The average molecular weight is 460 g/mol. The van der Waals surface area contributed by atoms with Crippen LogP contribution in [0.1, 0.15) is 42.1 Å². The first kappa shape index (κ1) is 23.5. The Labute approximate surface area is 187 Å². The minimum absolute atomic E-state index is 0.104. The van der Waals surface area contributed by atoms with Crippen molar-refractivity contribution in [2.24, 2.45) is 0 Å². The van der Waals surface area contributed by atoms with Crippen LogP contribution in [-0.4, -0.2) is 39.2 Å². The zero-order valence-corrected chi connectivity index (χ0v) is 19.1. The minimum Gasteiger partial charge on any atom is -0.437 e. The SMILES string of the molecule is C=Cc1cc2c(C(=O)NC)c(-c3ccc(F)cc3)oc2nc1N(CCCCC)S(C)(=O)=O. The number of carbonyl (C=O) groups is 1. The van der Waals surface area contributed by atoms with Crippen molar-refractivity contribution in [3.63, 3.8) is 0 Å². The summed E-state index contributed by atoms with van der Waals surface area (Å²) < 4.78 is 45.6. The van der Waals surface area contributed by atoms with Crippen molar-refractivity contribution in [2.75, 3.05) is 24.2 Å². The highest BCUT2D eigenvalue weighted by Crippen LogP contribution is 2.36. The zero-order valence-electron chi connectivity index (χ0n) is 18.3. The number of benzene rings is 1. The lowest BCUT2D eigenvalue weighted by atomic mass is 10.0. The highest BCUT2D eigenvalue weighted by atomic mass is 32.2. The van der Waals surface area contributed by atoms with E-state index in [1.54, 1.807) is 6.07 Å².